The summed E-state index contributed by atoms with van der Waals surface area (Å²) in [5, 5.41) is 5.61. The van der Waals surface area contributed by atoms with Crippen LogP contribution in [0.25, 0.3) is 10.9 Å². The predicted molar refractivity (Wildman–Crippen MR) is 84.1 cm³/mol. The van der Waals surface area contributed by atoms with Crippen molar-refractivity contribution in [2.45, 2.75) is 39.7 Å². The van der Waals surface area contributed by atoms with Crippen LogP contribution in [0.1, 0.15) is 31.7 Å². The highest BCUT2D eigenvalue weighted by molar-refractivity contribution is 5.82. The van der Waals surface area contributed by atoms with Crippen LogP contribution in [0.3, 0.4) is 0 Å². The first kappa shape index (κ1) is 14.1. The summed E-state index contributed by atoms with van der Waals surface area (Å²) in [5.41, 5.74) is 2.35. The SMILES string of the molecule is Cc1cccc2c1cnn2CCC(=O)N1CCC(C)CC1. The van der Waals surface area contributed by atoms with Crippen LogP contribution in [0, 0.1) is 12.8 Å². The van der Waals surface area contributed by atoms with Crippen molar-refractivity contribution in [1.82, 2.24) is 14.7 Å². The average Bonchev–Trinajstić information content (AvgIpc) is 2.90. The number of fused-ring (bicyclic) bond motifs is 1. The van der Waals surface area contributed by atoms with E-state index in [4.69, 9.17) is 0 Å². The summed E-state index contributed by atoms with van der Waals surface area (Å²) in [7, 11) is 0. The van der Waals surface area contributed by atoms with Crippen molar-refractivity contribution in [1.29, 1.82) is 0 Å². The van der Waals surface area contributed by atoms with E-state index in [1.165, 1.54) is 10.9 Å². The quantitative estimate of drug-likeness (QED) is 0.869. The molecule has 1 aromatic carbocycles. The summed E-state index contributed by atoms with van der Waals surface area (Å²) < 4.78 is 1.95. The topological polar surface area (TPSA) is 38.1 Å². The smallest absolute Gasteiger partial charge is 0.224 e. The maximum Gasteiger partial charge on any atom is 0.224 e. The second-order valence-corrected chi connectivity index (χ2v) is 6.19. The first-order valence-corrected chi connectivity index (χ1v) is 7.84. The minimum atomic E-state index is 0.262. The Morgan fingerprint density at radius 1 is 1.33 bits per heavy atom. The summed E-state index contributed by atoms with van der Waals surface area (Å²) in [6.45, 7) is 6.85. The van der Waals surface area contributed by atoms with E-state index in [1.807, 2.05) is 21.8 Å². The normalized spacial score (nSPS) is 16.6. The van der Waals surface area contributed by atoms with E-state index in [-0.39, 0.29) is 5.91 Å². The van der Waals surface area contributed by atoms with Gasteiger partial charge in [-0.15, -0.1) is 0 Å². The van der Waals surface area contributed by atoms with E-state index in [0.29, 0.717) is 13.0 Å². The summed E-state index contributed by atoms with van der Waals surface area (Å²) in [5.74, 6) is 1.02. The predicted octanol–water partition coefficient (Wildman–Crippen LogP) is 2.99. The Kier molecular flexibility index (Phi) is 3.95. The van der Waals surface area contributed by atoms with Gasteiger partial charge in [-0.3, -0.25) is 9.48 Å². The van der Waals surface area contributed by atoms with E-state index >= 15 is 0 Å². The minimum absolute atomic E-state index is 0.262. The first-order chi connectivity index (χ1) is 10.1. The lowest BCUT2D eigenvalue weighted by Crippen LogP contribution is -2.38. The van der Waals surface area contributed by atoms with Crippen LogP contribution in [-0.2, 0) is 11.3 Å². The van der Waals surface area contributed by atoms with Crippen LogP contribution in [-0.4, -0.2) is 33.7 Å². The molecular formula is C17H23N3O. The standard InChI is InChI=1S/C17H23N3O/c1-13-6-9-19(10-7-13)17(21)8-11-20-16-5-3-4-14(2)15(16)12-18-20/h3-5,12-13H,6-11H2,1-2H3. The summed E-state index contributed by atoms with van der Waals surface area (Å²) in [4.78, 5) is 14.3. The number of piperidine rings is 1. The molecule has 4 nitrogen and oxygen atoms in total. The average molecular weight is 285 g/mol. The molecule has 0 N–H and O–H groups in total. The fraction of sp³-hybridized carbons (Fsp3) is 0.529. The molecule has 4 heteroatoms. The Morgan fingerprint density at radius 3 is 2.86 bits per heavy atom. The third-order valence-corrected chi connectivity index (χ3v) is 4.58. The van der Waals surface area contributed by atoms with Gasteiger partial charge in [-0.25, -0.2) is 0 Å². The Bertz CT molecular complexity index is 639. The Balaban J connectivity index is 1.64. The lowest BCUT2D eigenvalue weighted by molar-refractivity contribution is -0.132. The number of rotatable bonds is 3. The molecule has 1 amide bonds. The van der Waals surface area contributed by atoms with Crippen molar-refractivity contribution in [3.05, 3.63) is 30.0 Å². The molecule has 1 fully saturated rings. The molecule has 0 aliphatic carbocycles. The van der Waals surface area contributed by atoms with Crippen molar-refractivity contribution in [3.8, 4) is 0 Å². The van der Waals surface area contributed by atoms with Crippen LogP contribution in [0.15, 0.2) is 24.4 Å². The summed E-state index contributed by atoms with van der Waals surface area (Å²) in [6.07, 6.45) is 4.71. The van der Waals surface area contributed by atoms with Gasteiger partial charge in [0.15, 0.2) is 0 Å². The summed E-state index contributed by atoms with van der Waals surface area (Å²) >= 11 is 0. The fourth-order valence-corrected chi connectivity index (χ4v) is 3.04. The molecule has 21 heavy (non-hydrogen) atoms. The minimum Gasteiger partial charge on any atom is -0.343 e. The number of hydrogen-bond donors (Lipinski definition) is 0. The molecule has 0 unspecified atom stereocenters. The maximum absolute atomic E-state index is 12.3. The second-order valence-electron chi connectivity index (χ2n) is 6.19. The number of benzene rings is 1. The molecule has 0 spiro atoms. The summed E-state index contributed by atoms with van der Waals surface area (Å²) in [6, 6.07) is 6.21. The number of hydrogen-bond acceptors (Lipinski definition) is 2. The molecule has 1 aliphatic rings. The Hall–Kier alpha value is -1.84. The van der Waals surface area contributed by atoms with Crippen molar-refractivity contribution >= 4 is 16.8 Å². The number of likely N-dealkylation sites (tertiary alicyclic amines) is 1. The molecule has 0 radical (unpaired) electrons. The van der Waals surface area contributed by atoms with E-state index in [0.717, 1.165) is 37.4 Å². The molecule has 1 aromatic heterocycles. The number of carbonyl (C=O) groups is 1. The van der Waals surface area contributed by atoms with Crippen LogP contribution >= 0.6 is 0 Å². The van der Waals surface area contributed by atoms with E-state index < -0.39 is 0 Å². The molecule has 0 atom stereocenters. The number of amides is 1. The number of aryl methyl sites for hydroxylation is 2. The highest BCUT2D eigenvalue weighted by Gasteiger charge is 2.20. The van der Waals surface area contributed by atoms with Crippen molar-refractivity contribution < 1.29 is 4.79 Å². The molecule has 2 heterocycles. The van der Waals surface area contributed by atoms with E-state index in [9.17, 15) is 4.79 Å². The van der Waals surface area contributed by atoms with Crippen molar-refractivity contribution in [3.63, 3.8) is 0 Å². The molecule has 2 aromatic rings. The number of nitrogens with zero attached hydrogens (tertiary/aromatic N) is 3. The molecule has 0 saturated carbocycles. The van der Waals surface area contributed by atoms with Gasteiger partial charge in [-0.05, 0) is 37.3 Å². The molecule has 0 bridgehead atoms. The zero-order valence-electron chi connectivity index (χ0n) is 12.9. The van der Waals surface area contributed by atoms with E-state index in [2.05, 4.69) is 31.1 Å². The van der Waals surface area contributed by atoms with Crippen LogP contribution in [0.4, 0.5) is 0 Å². The lowest BCUT2D eigenvalue weighted by Gasteiger charge is -2.30. The van der Waals surface area contributed by atoms with Crippen LogP contribution < -0.4 is 0 Å². The van der Waals surface area contributed by atoms with Gasteiger partial charge in [0.2, 0.25) is 5.91 Å². The number of aromatic nitrogens is 2. The highest BCUT2D eigenvalue weighted by atomic mass is 16.2. The molecular weight excluding hydrogens is 262 g/mol. The van der Waals surface area contributed by atoms with Crippen molar-refractivity contribution in [2.75, 3.05) is 13.1 Å². The van der Waals surface area contributed by atoms with Gasteiger partial charge in [0, 0.05) is 24.9 Å². The highest BCUT2D eigenvalue weighted by Crippen LogP contribution is 2.19. The zero-order valence-corrected chi connectivity index (χ0v) is 12.9. The Morgan fingerprint density at radius 2 is 2.10 bits per heavy atom. The van der Waals surface area contributed by atoms with E-state index in [1.54, 1.807) is 0 Å². The largest absolute Gasteiger partial charge is 0.343 e. The van der Waals surface area contributed by atoms with Gasteiger partial charge in [0.25, 0.3) is 0 Å². The molecule has 1 saturated heterocycles. The van der Waals surface area contributed by atoms with Crippen LogP contribution in [0.5, 0.6) is 0 Å². The Labute approximate surface area is 125 Å². The number of carbonyl (C=O) groups excluding carboxylic acids is 1. The van der Waals surface area contributed by atoms with Gasteiger partial charge < -0.3 is 4.90 Å². The fourth-order valence-electron chi connectivity index (χ4n) is 3.04. The zero-order chi connectivity index (χ0) is 14.8. The van der Waals surface area contributed by atoms with Crippen LogP contribution in [0.2, 0.25) is 0 Å². The van der Waals surface area contributed by atoms with Gasteiger partial charge in [-0.2, -0.15) is 5.10 Å². The lowest BCUT2D eigenvalue weighted by atomic mass is 9.99. The first-order valence-electron chi connectivity index (χ1n) is 7.84. The third-order valence-electron chi connectivity index (χ3n) is 4.58. The molecule has 1 aliphatic heterocycles. The van der Waals surface area contributed by atoms with Gasteiger partial charge in [0.1, 0.15) is 0 Å². The third kappa shape index (κ3) is 2.94. The van der Waals surface area contributed by atoms with Crippen molar-refractivity contribution in [2.24, 2.45) is 5.92 Å². The van der Waals surface area contributed by atoms with Gasteiger partial charge in [0.05, 0.1) is 18.3 Å². The molecule has 3 rings (SSSR count). The van der Waals surface area contributed by atoms with Gasteiger partial charge in [-0.1, -0.05) is 19.1 Å². The maximum atomic E-state index is 12.3. The monoisotopic (exact) mass is 285 g/mol. The van der Waals surface area contributed by atoms with Gasteiger partial charge >= 0.3 is 0 Å². The molecule has 112 valence electrons. The second kappa shape index (κ2) is 5.88.